The number of nitrogens with zero attached hydrogens (tertiary/aromatic N) is 1. The van der Waals surface area contributed by atoms with Crippen molar-refractivity contribution in [2.45, 2.75) is 0 Å². The molecule has 0 unspecified atom stereocenters. The molecule has 116 valence electrons. The van der Waals surface area contributed by atoms with Crippen molar-refractivity contribution in [2.24, 2.45) is 0 Å². The standard InChI is InChI=1S/C17H12FNO4/c18-15-4-2-1-3-14(15)16(20)10-23-17(21)11-22-13-7-5-12(9-19)6-8-13/h1-8H,10-11H2. The molecule has 0 fully saturated rings. The summed E-state index contributed by atoms with van der Waals surface area (Å²) in [6.45, 7) is -0.951. The predicted molar refractivity (Wildman–Crippen MR) is 78.3 cm³/mol. The first kappa shape index (κ1) is 16.2. The fraction of sp³-hybridized carbons (Fsp3) is 0.118. The van der Waals surface area contributed by atoms with Crippen LogP contribution in [0, 0.1) is 17.1 Å². The minimum Gasteiger partial charge on any atom is -0.482 e. The Morgan fingerprint density at radius 2 is 1.74 bits per heavy atom. The summed E-state index contributed by atoms with van der Waals surface area (Å²) < 4.78 is 23.3. The molecule has 2 rings (SSSR count). The van der Waals surface area contributed by atoms with Gasteiger partial charge in [-0.2, -0.15) is 5.26 Å². The summed E-state index contributed by atoms with van der Waals surface area (Å²) in [5.74, 6) is -1.65. The summed E-state index contributed by atoms with van der Waals surface area (Å²) in [7, 11) is 0. The third-order valence-electron chi connectivity index (χ3n) is 2.88. The van der Waals surface area contributed by atoms with E-state index in [2.05, 4.69) is 0 Å². The molecular weight excluding hydrogens is 301 g/mol. The van der Waals surface area contributed by atoms with Crippen molar-refractivity contribution in [3.05, 3.63) is 65.5 Å². The van der Waals surface area contributed by atoms with Crippen LogP contribution in [0.1, 0.15) is 15.9 Å². The minimum absolute atomic E-state index is 0.131. The molecule has 0 radical (unpaired) electrons. The Hall–Kier alpha value is -3.20. The van der Waals surface area contributed by atoms with Gasteiger partial charge in [-0.05, 0) is 36.4 Å². The van der Waals surface area contributed by atoms with E-state index in [-0.39, 0.29) is 5.56 Å². The predicted octanol–water partition coefficient (Wildman–Crippen LogP) is 2.50. The summed E-state index contributed by atoms with van der Waals surface area (Å²) in [5, 5.41) is 8.66. The highest BCUT2D eigenvalue weighted by Crippen LogP contribution is 2.11. The van der Waals surface area contributed by atoms with Gasteiger partial charge in [0.15, 0.2) is 13.2 Å². The van der Waals surface area contributed by atoms with Crippen molar-refractivity contribution in [3.63, 3.8) is 0 Å². The van der Waals surface area contributed by atoms with Crippen LogP contribution in [-0.4, -0.2) is 25.0 Å². The van der Waals surface area contributed by atoms with E-state index in [1.165, 1.54) is 30.3 Å². The first-order valence-electron chi connectivity index (χ1n) is 6.66. The van der Waals surface area contributed by atoms with Gasteiger partial charge in [0.1, 0.15) is 11.6 Å². The van der Waals surface area contributed by atoms with E-state index in [9.17, 15) is 14.0 Å². The maximum absolute atomic E-state index is 13.4. The van der Waals surface area contributed by atoms with Gasteiger partial charge < -0.3 is 9.47 Å². The number of rotatable bonds is 6. The number of esters is 1. The Balaban J connectivity index is 1.80. The van der Waals surface area contributed by atoms with Gasteiger partial charge in [-0.1, -0.05) is 12.1 Å². The van der Waals surface area contributed by atoms with Crippen molar-refractivity contribution < 1.29 is 23.5 Å². The third-order valence-corrected chi connectivity index (χ3v) is 2.88. The molecule has 0 bridgehead atoms. The van der Waals surface area contributed by atoms with E-state index in [1.54, 1.807) is 12.1 Å². The Labute approximate surface area is 131 Å². The van der Waals surface area contributed by atoms with Crippen molar-refractivity contribution in [1.29, 1.82) is 5.26 Å². The van der Waals surface area contributed by atoms with E-state index in [1.807, 2.05) is 6.07 Å². The van der Waals surface area contributed by atoms with E-state index in [4.69, 9.17) is 14.7 Å². The molecule has 0 atom stereocenters. The molecule has 0 heterocycles. The largest absolute Gasteiger partial charge is 0.482 e. The molecule has 0 N–H and O–H groups in total. The number of hydrogen-bond acceptors (Lipinski definition) is 5. The number of nitriles is 1. The Kier molecular flexibility index (Phi) is 5.42. The number of carbonyl (C=O) groups is 2. The minimum atomic E-state index is -0.751. The number of hydrogen-bond donors (Lipinski definition) is 0. The zero-order valence-electron chi connectivity index (χ0n) is 12.0. The Morgan fingerprint density at radius 1 is 1.04 bits per heavy atom. The normalized spacial score (nSPS) is 9.74. The highest BCUT2D eigenvalue weighted by Gasteiger charge is 2.13. The van der Waals surface area contributed by atoms with Gasteiger partial charge in [0.05, 0.1) is 17.2 Å². The molecule has 0 aliphatic carbocycles. The molecule has 0 saturated carbocycles. The number of halogens is 1. The Bertz CT molecular complexity index is 750. The summed E-state index contributed by atoms with van der Waals surface area (Å²) in [5.41, 5.74) is 0.337. The van der Waals surface area contributed by atoms with Gasteiger partial charge in [0, 0.05) is 0 Å². The molecule has 2 aromatic rings. The average molecular weight is 313 g/mol. The second-order valence-corrected chi connectivity index (χ2v) is 4.49. The molecule has 6 heteroatoms. The van der Waals surface area contributed by atoms with E-state index >= 15 is 0 Å². The van der Waals surface area contributed by atoms with E-state index in [0.29, 0.717) is 11.3 Å². The number of ether oxygens (including phenoxy) is 2. The first-order valence-corrected chi connectivity index (χ1v) is 6.66. The van der Waals surface area contributed by atoms with Crippen molar-refractivity contribution in [3.8, 4) is 11.8 Å². The fourth-order valence-corrected chi connectivity index (χ4v) is 1.72. The lowest BCUT2D eigenvalue weighted by Gasteiger charge is -2.07. The molecule has 2 aromatic carbocycles. The average Bonchev–Trinajstić information content (AvgIpc) is 2.58. The lowest BCUT2D eigenvalue weighted by atomic mass is 10.1. The van der Waals surface area contributed by atoms with Crippen LogP contribution in [0.5, 0.6) is 5.75 Å². The van der Waals surface area contributed by atoms with Gasteiger partial charge in [-0.3, -0.25) is 4.79 Å². The SMILES string of the molecule is N#Cc1ccc(OCC(=O)OCC(=O)c2ccccc2F)cc1. The van der Waals surface area contributed by atoms with Gasteiger partial charge in [-0.15, -0.1) is 0 Å². The molecule has 0 spiro atoms. The highest BCUT2D eigenvalue weighted by atomic mass is 19.1. The quantitative estimate of drug-likeness (QED) is 0.605. The molecule has 0 saturated heterocycles. The lowest BCUT2D eigenvalue weighted by molar-refractivity contribution is -0.144. The maximum atomic E-state index is 13.4. The van der Waals surface area contributed by atoms with E-state index in [0.717, 1.165) is 6.07 Å². The van der Waals surface area contributed by atoms with Gasteiger partial charge in [-0.25, -0.2) is 9.18 Å². The summed E-state index contributed by atoms with van der Waals surface area (Å²) in [6, 6.07) is 13.6. The number of ketones is 1. The molecule has 0 amide bonds. The van der Waals surface area contributed by atoms with Crippen LogP contribution in [0.3, 0.4) is 0 Å². The van der Waals surface area contributed by atoms with Crippen LogP contribution in [0.2, 0.25) is 0 Å². The molecular formula is C17H12FNO4. The topological polar surface area (TPSA) is 76.4 Å². The smallest absolute Gasteiger partial charge is 0.344 e. The van der Waals surface area contributed by atoms with Crippen LogP contribution >= 0.6 is 0 Å². The highest BCUT2D eigenvalue weighted by molar-refractivity contribution is 5.98. The summed E-state index contributed by atoms with van der Waals surface area (Å²) >= 11 is 0. The van der Waals surface area contributed by atoms with Gasteiger partial charge in [0.25, 0.3) is 0 Å². The second kappa shape index (κ2) is 7.71. The molecule has 23 heavy (non-hydrogen) atoms. The zero-order chi connectivity index (χ0) is 16.7. The Morgan fingerprint density at radius 3 is 2.39 bits per heavy atom. The van der Waals surface area contributed by atoms with Crippen molar-refractivity contribution in [2.75, 3.05) is 13.2 Å². The number of benzene rings is 2. The first-order chi connectivity index (χ1) is 11.1. The van der Waals surface area contributed by atoms with Crippen LogP contribution in [-0.2, 0) is 9.53 Å². The number of carbonyl (C=O) groups excluding carboxylic acids is 2. The van der Waals surface area contributed by atoms with E-state index < -0.39 is 30.8 Å². The van der Waals surface area contributed by atoms with Crippen LogP contribution < -0.4 is 4.74 Å². The van der Waals surface area contributed by atoms with Gasteiger partial charge in [0.2, 0.25) is 5.78 Å². The van der Waals surface area contributed by atoms with Crippen molar-refractivity contribution in [1.82, 2.24) is 0 Å². The van der Waals surface area contributed by atoms with Crippen LogP contribution in [0.4, 0.5) is 4.39 Å². The molecule has 0 aliphatic heterocycles. The van der Waals surface area contributed by atoms with Crippen LogP contribution in [0.25, 0.3) is 0 Å². The fourth-order valence-electron chi connectivity index (χ4n) is 1.72. The van der Waals surface area contributed by atoms with Gasteiger partial charge >= 0.3 is 5.97 Å². The lowest BCUT2D eigenvalue weighted by Crippen LogP contribution is -2.20. The molecule has 5 nitrogen and oxygen atoms in total. The van der Waals surface area contributed by atoms with Crippen molar-refractivity contribution >= 4 is 11.8 Å². The summed E-state index contributed by atoms with van der Waals surface area (Å²) in [4.78, 5) is 23.2. The third kappa shape index (κ3) is 4.64. The zero-order valence-corrected chi connectivity index (χ0v) is 12.0. The monoisotopic (exact) mass is 313 g/mol. The maximum Gasteiger partial charge on any atom is 0.344 e. The molecule has 0 aliphatic rings. The number of Topliss-reactive ketones (excluding diaryl/α,β-unsaturated/α-hetero) is 1. The second-order valence-electron chi connectivity index (χ2n) is 4.49. The summed E-state index contributed by atoms with van der Waals surface area (Å²) in [6.07, 6.45) is 0. The molecule has 0 aromatic heterocycles. The van der Waals surface area contributed by atoms with Crippen LogP contribution in [0.15, 0.2) is 48.5 Å².